The van der Waals surface area contributed by atoms with Crippen LogP contribution in [0.1, 0.15) is 0 Å². The molecule has 0 aromatic carbocycles. The first-order chi connectivity index (χ1) is 1.41. The summed E-state index contributed by atoms with van der Waals surface area (Å²) >= 11 is 0. The van der Waals surface area contributed by atoms with Gasteiger partial charge in [0.25, 0.3) is 0 Å². The van der Waals surface area contributed by atoms with Gasteiger partial charge in [-0.3, -0.25) is 5.26 Å². The standard InChI is InChI=1S/CH3BN.2ClH.Zn/c2-1-3;;;/h2H3;2*1H;/q-1;;;+2/p-2. The van der Waals surface area contributed by atoms with Gasteiger partial charge in [-0.1, -0.05) is 0 Å². The van der Waals surface area contributed by atoms with Gasteiger partial charge in [0.2, 0.25) is 0 Å². The van der Waals surface area contributed by atoms with Gasteiger partial charge in [0, 0.05) is 0 Å². The third kappa shape index (κ3) is 117. The Kier molecular flexibility index (Phi) is 207. The fourth-order valence-electron chi connectivity index (χ4n) is 0. The van der Waals surface area contributed by atoms with Gasteiger partial charge in [-0.15, -0.1) is 0 Å². The summed E-state index contributed by atoms with van der Waals surface area (Å²) in [6.07, 6.45) is 0. The van der Waals surface area contributed by atoms with Crippen molar-refractivity contribution in [1.29, 1.82) is 5.26 Å². The van der Waals surface area contributed by atoms with Crippen molar-refractivity contribution in [2.24, 2.45) is 0 Å². The van der Waals surface area contributed by atoms with Gasteiger partial charge in [-0.2, -0.15) is 5.97 Å². The molecule has 0 aliphatic carbocycles. The zero-order chi connectivity index (χ0) is 2.71. The molecule has 1 nitrogen and oxygen atoms in total. The van der Waals surface area contributed by atoms with Gasteiger partial charge in [0.1, 0.15) is 0 Å². The Morgan fingerprint density at radius 2 is 1.33 bits per heavy atom. The number of halogens is 2. The first kappa shape index (κ1) is 29.5. The van der Waals surface area contributed by atoms with Gasteiger partial charge < -0.3 is 24.8 Å². The average Bonchev–Trinajstić information content (AvgIpc) is 0.918. The van der Waals surface area contributed by atoms with E-state index >= 15 is 0 Å². The maximum atomic E-state index is 7.43. The van der Waals surface area contributed by atoms with E-state index in [1.165, 1.54) is 0 Å². The van der Waals surface area contributed by atoms with Gasteiger partial charge in [0.05, 0.1) is 7.85 Å². The van der Waals surface area contributed by atoms with Crippen LogP contribution in [-0.2, 0) is 19.5 Å². The second-order valence-corrected chi connectivity index (χ2v) is 0. The van der Waals surface area contributed by atoms with Crippen LogP contribution < -0.4 is 24.8 Å². The Labute approximate surface area is 63.5 Å². The number of rotatable bonds is 0. The Bertz CT molecular complexity index is 35.0. The van der Waals surface area contributed by atoms with Crippen LogP contribution in [0.25, 0.3) is 0 Å². The smallest absolute Gasteiger partial charge is 1.00 e. The SMILES string of the molecule is [BH3-]C#N.[Cl-].[Cl-].[Zn+2]. The maximum Gasteiger partial charge on any atom is 2.00 e. The Hall–Kier alpha value is 0.758. The van der Waals surface area contributed by atoms with Crippen molar-refractivity contribution < 1.29 is 44.3 Å². The predicted octanol–water partition coefficient (Wildman–Crippen LogP) is -7.16. The van der Waals surface area contributed by atoms with Crippen LogP contribution >= 0.6 is 0 Å². The molecule has 0 unspecified atom stereocenters. The Morgan fingerprint density at radius 3 is 1.33 bits per heavy atom. The van der Waals surface area contributed by atoms with E-state index in [1.54, 1.807) is 0 Å². The largest absolute Gasteiger partial charge is 2.00 e. The van der Waals surface area contributed by atoms with Crippen molar-refractivity contribution >= 4 is 7.85 Å². The summed E-state index contributed by atoms with van der Waals surface area (Å²) in [7, 11) is 0.0694. The van der Waals surface area contributed by atoms with Crippen LogP contribution in [0.5, 0.6) is 0 Å². The normalized spacial score (nSPS) is 1.33. The molecule has 0 heterocycles. The van der Waals surface area contributed by atoms with Crippen molar-refractivity contribution in [2.45, 2.75) is 0 Å². The number of nitriles is 1. The summed E-state index contributed by atoms with van der Waals surface area (Å²) in [4.78, 5) is 0. The molecule has 0 rings (SSSR count). The third-order valence-electron chi connectivity index (χ3n) is 0. The Balaban J connectivity index is -0.00000000667. The van der Waals surface area contributed by atoms with Gasteiger partial charge in [-0.05, 0) is 0 Å². The zero-order valence-electron chi connectivity index (χ0n) is 2.41. The molecule has 0 aromatic rings. The average molecular weight is 176 g/mol. The monoisotopic (exact) mass is 174 g/mol. The Morgan fingerprint density at radius 1 is 1.33 bits per heavy atom. The minimum absolute atomic E-state index is 0. The molecule has 32 valence electrons. The van der Waals surface area contributed by atoms with E-state index in [1.807, 2.05) is 5.97 Å². The second kappa shape index (κ2) is 42.2. The summed E-state index contributed by atoms with van der Waals surface area (Å²) in [5.41, 5.74) is 0. The van der Waals surface area contributed by atoms with E-state index in [-0.39, 0.29) is 52.1 Å². The molecule has 0 N–H and O–H groups in total. The topological polar surface area (TPSA) is 23.8 Å². The van der Waals surface area contributed by atoms with Crippen molar-refractivity contribution in [3.63, 3.8) is 0 Å². The summed E-state index contributed by atoms with van der Waals surface area (Å²) in [6, 6.07) is 0. The molecule has 0 aliphatic rings. The van der Waals surface area contributed by atoms with E-state index in [0.29, 0.717) is 0 Å². The summed E-state index contributed by atoms with van der Waals surface area (Å²) in [5.74, 6) is 2.00. The van der Waals surface area contributed by atoms with E-state index in [9.17, 15) is 0 Å². The van der Waals surface area contributed by atoms with E-state index < -0.39 is 0 Å². The molecule has 0 saturated heterocycles. The summed E-state index contributed by atoms with van der Waals surface area (Å²) in [6.45, 7) is 0. The quantitative estimate of drug-likeness (QED) is 0.336. The van der Waals surface area contributed by atoms with Crippen molar-refractivity contribution in [1.82, 2.24) is 0 Å². The molecule has 0 aliphatic heterocycles. The summed E-state index contributed by atoms with van der Waals surface area (Å²) < 4.78 is 0. The van der Waals surface area contributed by atoms with Gasteiger partial charge in [-0.25, -0.2) is 0 Å². The van der Waals surface area contributed by atoms with Crippen LogP contribution in [0.3, 0.4) is 0 Å². The number of hydrogen-bond donors (Lipinski definition) is 0. The summed E-state index contributed by atoms with van der Waals surface area (Å²) in [5, 5.41) is 7.43. The molecule has 0 atom stereocenters. The fourth-order valence-corrected chi connectivity index (χ4v) is 0. The molecule has 0 bridgehead atoms. The minimum Gasteiger partial charge on any atom is -1.00 e. The molecular formula is CH3BCl2NZn-. The van der Waals surface area contributed by atoms with Crippen LogP contribution in [0.15, 0.2) is 0 Å². The molecule has 0 saturated carbocycles. The number of hydrogen-bond acceptors (Lipinski definition) is 1. The van der Waals surface area contributed by atoms with E-state index in [2.05, 4.69) is 0 Å². The molecule has 0 radical (unpaired) electrons. The zero-order valence-corrected chi connectivity index (χ0v) is 6.89. The number of nitrogens with zero attached hydrogens (tertiary/aromatic N) is 1. The molecule has 0 aromatic heterocycles. The first-order valence-electron chi connectivity index (χ1n) is 0.224. The van der Waals surface area contributed by atoms with Gasteiger partial charge in [0.15, 0.2) is 0 Å². The van der Waals surface area contributed by atoms with E-state index in [4.69, 9.17) is 5.26 Å². The molecular weight excluding hydrogens is 173 g/mol. The van der Waals surface area contributed by atoms with Crippen LogP contribution in [0.2, 0.25) is 0 Å². The molecule has 0 amide bonds. The molecule has 0 fully saturated rings. The minimum atomic E-state index is 0. The van der Waals surface area contributed by atoms with E-state index in [0.717, 1.165) is 0 Å². The molecule has 0 spiro atoms. The predicted molar refractivity (Wildman–Crippen MR) is 15.6 cm³/mol. The van der Waals surface area contributed by atoms with Crippen LogP contribution in [0.4, 0.5) is 0 Å². The van der Waals surface area contributed by atoms with Crippen molar-refractivity contribution in [2.75, 3.05) is 0 Å². The third-order valence-corrected chi connectivity index (χ3v) is 0. The molecule has 5 heteroatoms. The van der Waals surface area contributed by atoms with Crippen LogP contribution in [-0.4, -0.2) is 7.85 Å². The van der Waals surface area contributed by atoms with Crippen LogP contribution in [0, 0.1) is 11.2 Å². The molecule has 6 heavy (non-hydrogen) atoms. The first-order valence-corrected chi connectivity index (χ1v) is 0.224. The van der Waals surface area contributed by atoms with Crippen molar-refractivity contribution in [3.05, 3.63) is 0 Å². The maximum absolute atomic E-state index is 7.43. The van der Waals surface area contributed by atoms with Crippen molar-refractivity contribution in [3.8, 4) is 5.97 Å². The van der Waals surface area contributed by atoms with Gasteiger partial charge >= 0.3 is 19.5 Å². The second-order valence-electron chi connectivity index (χ2n) is 0. The fraction of sp³-hybridized carbons (Fsp3) is 0.